The van der Waals surface area contributed by atoms with Crippen molar-refractivity contribution in [3.63, 3.8) is 0 Å². The van der Waals surface area contributed by atoms with Gasteiger partial charge in [-0.05, 0) is 111 Å². The van der Waals surface area contributed by atoms with Gasteiger partial charge in [-0.2, -0.15) is 0 Å². The van der Waals surface area contributed by atoms with Gasteiger partial charge in [0.05, 0.1) is 21.1 Å². The first kappa shape index (κ1) is 36.8. The number of halogens is 2. The Hall–Kier alpha value is -4.50. The molecule has 8 N–H and O–H groups in total. The van der Waals surface area contributed by atoms with Crippen molar-refractivity contribution in [1.82, 2.24) is 10.6 Å². The van der Waals surface area contributed by atoms with Gasteiger partial charge in [-0.3, -0.25) is 9.59 Å². The van der Waals surface area contributed by atoms with E-state index in [1.54, 1.807) is 36.4 Å². The van der Waals surface area contributed by atoms with Crippen molar-refractivity contribution in [3.05, 3.63) is 82.1 Å². The second kappa shape index (κ2) is 17.4. The van der Waals surface area contributed by atoms with Gasteiger partial charge in [0.15, 0.2) is 11.6 Å². The number of nitrogens with one attached hydrogen (secondary N) is 4. The standard InChI is InChI=1S/2C18H20FN3O2S/c2*19-13-5-1-4-12(8-13)16-9-14(22-18(20)24)17(25-16)15(23)7-11-3-2-6-21-10-11/h2*1,4-5,8-9,11,21H,2-3,6-7,10H2,(H3,20,22,24)/t2*11-/m11/s1. The monoisotopic (exact) mass is 722 g/mol. The van der Waals surface area contributed by atoms with Crippen LogP contribution in [0.5, 0.6) is 0 Å². The molecule has 2 saturated heterocycles. The molecule has 0 bridgehead atoms. The minimum atomic E-state index is -0.725. The fraction of sp³-hybridized carbons (Fsp3) is 0.333. The van der Waals surface area contributed by atoms with Crippen molar-refractivity contribution >= 4 is 57.7 Å². The van der Waals surface area contributed by atoms with Gasteiger partial charge in [-0.25, -0.2) is 18.4 Å². The van der Waals surface area contributed by atoms with Gasteiger partial charge in [0.25, 0.3) is 0 Å². The van der Waals surface area contributed by atoms with Crippen LogP contribution in [0.2, 0.25) is 0 Å². The van der Waals surface area contributed by atoms with E-state index >= 15 is 0 Å². The minimum absolute atomic E-state index is 0.0231. The Kier molecular flexibility index (Phi) is 12.8. The van der Waals surface area contributed by atoms with Gasteiger partial charge in [0, 0.05) is 22.6 Å². The Morgan fingerprint density at radius 3 is 1.44 bits per heavy atom. The number of urea groups is 2. The second-order valence-electron chi connectivity index (χ2n) is 12.4. The lowest BCUT2D eigenvalue weighted by Crippen LogP contribution is -2.31. The topological polar surface area (TPSA) is 168 Å². The average molecular weight is 723 g/mol. The van der Waals surface area contributed by atoms with Crippen LogP contribution in [0.4, 0.5) is 29.7 Å². The first-order valence-electron chi connectivity index (χ1n) is 16.5. The van der Waals surface area contributed by atoms with Gasteiger partial charge < -0.3 is 32.7 Å². The predicted molar refractivity (Wildman–Crippen MR) is 195 cm³/mol. The molecule has 4 aromatic rings. The minimum Gasteiger partial charge on any atom is -0.351 e. The molecule has 0 unspecified atom stereocenters. The number of rotatable bonds is 10. The third-order valence-electron chi connectivity index (χ3n) is 8.45. The van der Waals surface area contributed by atoms with Crippen LogP contribution in [-0.2, 0) is 0 Å². The maximum atomic E-state index is 13.5. The summed E-state index contributed by atoms with van der Waals surface area (Å²) in [6.07, 6.45) is 4.98. The van der Waals surface area contributed by atoms with Gasteiger partial charge in [-0.1, -0.05) is 24.3 Å². The first-order chi connectivity index (χ1) is 24.0. The van der Waals surface area contributed by atoms with E-state index in [0.29, 0.717) is 66.7 Å². The Balaban J connectivity index is 0.000000194. The molecule has 2 aromatic carbocycles. The number of hydrogen-bond donors (Lipinski definition) is 6. The number of piperidine rings is 2. The van der Waals surface area contributed by atoms with E-state index in [2.05, 4.69) is 21.3 Å². The van der Waals surface area contributed by atoms with Crippen molar-refractivity contribution in [3.8, 4) is 20.9 Å². The average Bonchev–Trinajstić information content (AvgIpc) is 3.70. The molecule has 2 fully saturated rings. The second-order valence-corrected chi connectivity index (χ2v) is 14.5. The van der Waals surface area contributed by atoms with Gasteiger partial charge in [0.2, 0.25) is 0 Å². The highest BCUT2D eigenvalue weighted by Gasteiger charge is 2.24. The summed E-state index contributed by atoms with van der Waals surface area (Å²) in [6, 6.07) is 14.2. The molecule has 50 heavy (non-hydrogen) atoms. The molecular formula is C36H40F2N6O4S2. The highest BCUT2D eigenvalue weighted by molar-refractivity contribution is 7.18. The molecule has 0 aliphatic carbocycles. The molecule has 264 valence electrons. The number of primary amides is 2. The summed E-state index contributed by atoms with van der Waals surface area (Å²) in [6.45, 7) is 3.63. The van der Waals surface area contributed by atoms with E-state index < -0.39 is 12.1 Å². The zero-order valence-electron chi connectivity index (χ0n) is 27.4. The maximum absolute atomic E-state index is 13.5. The van der Waals surface area contributed by atoms with Crippen molar-refractivity contribution in [2.45, 2.75) is 38.5 Å². The van der Waals surface area contributed by atoms with Crippen molar-refractivity contribution < 1.29 is 28.0 Å². The number of hydrogen-bond acceptors (Lipinski definition) is 8. The number of anilines is 2. The highest BCUT2D eigenvalue weighted by atomic mass is 32.1. The Bertz CT molecular complexity index is 1700. The number of Topliss-reactive ketones (excluding diaryl/α,β-unsaturated/α-hetero) is 2. The smallest absolute Gasteiger partial charge is 0.316 e. The van der Waals surface area contributed by atoms with Crippen molar-refractivity contribution in [1.29, 1.82) is 0 Å². The fourth-order valence-corrected chi connectivity index (χ4v) is 8.24. The van der Waals surface area contributed by atoms with E-state index in [-0.39, 0.29) is 23.2 Å². The van der Waals surface area contributed by atoms with Gasteiger partial charge in [0.1, 0.15) is 11.6 Å². The SMILES string of the molecule is NC(=O)Nc1cc(-c2cccc(F)c2)sc1C(=O)C[C@H]1CCCNC1.NC(=O)Nc1cc(-c2cccc(F)c2)sc1C(=O)C[C@H]1CCCNC1. The van der Waals surface area contributed by atoms with Crippen molar-refractivity contribution in [2.75, 3.05) is 36.8 Å². The van der Waals surface area contributed by atoms with Gasteiger partial charge >= 0.3 is 12.1 Å². The molecule has 4 heterocycles. The van der Waals surface area contributed by atoms with Crippen LogP contribution in [0.1, 0.15) is 57.9 Å². The van der Waals surface area contributed by atoms with E-state index in [4.69, 9.17) is 11.5 Å². The third kappa shape index (κ3) is 10.3. The molecular weight excluding hydrogens is 683 g/mol. The lowest BCUT2D eigenvalue weighted by atomic mass is 9.93. The summed E-state index contributed by atoms with van der Waals surface area (Å²) in [5.74, 6) is -0.159. The molecule has 2 aromatic heterocycles. The molecule has 6 rings (SSSR count). The van der Waals surface area contributed by atoms with Crippen LogP contribution in [0.15, 0.2) is 60.7 Å². The Morgan fingerprint density at radius 2 is 1.10 bits per heavy atom. The maximum Gasteiger partial charge on any atom is 0.316 e. The quantitative estimate of drug-likeness (QED) is 0.0944. The van der Waals surface area contributed by atoms with Crippen LogP contribution in [0.3, 0.4) is 0 Å². The normalized spacial score (nSPS) is 17.2. The Morgan fingerprint density at radius 1 is 0.680 bits per heavy atom. The number of ketones is 2. The van der Waals surface area contributed by atoms with Crippen LogP contribution < -0.4 is 32.7 Å². The zero-order valence-corrected chi connectivity index (χ0v) is 29.0. The van der Waals surface area contributed by atoms with Crippen LogP contribution in [0, 0.1) is 23.5 Å². The summed E-state index contributed by atoms with van der Waals surface area (Å²) in [5, 5.41) is 11.6. The van der Waals surface area contributed by atoms with Crippen LogP contribution >= 0.6 is 22.7 Å². The zero-order chi connectivity index (χ0) is 35.6. The van der Waals surface area contributed by atoms with E-state index in [9.17, 15) is 28.0 Å². The number of carbonyl (C=O) groups is 4. The highest BCUT2D eigenvalue weighted by Crippen LogP contribution is 2.38. The first-order valence-corrected chi connectivity index (χ1v) is 18.1. The molecule has 0 spiro atoms. The molecule has 10 nitrogen and oxygen atoms in total. The lowest BCUT2D eigenvalue weighted by Gasteiger charge is -2.21. The largest absolute Gasteiger partial charge is 0.351 e. The van der Waals surface area contributed by atoms with Crippen molar-refractivity contribution in [2.24, 2.45) is 23.3 Å². The number of carbonyl (C=O) groups excluding carboxylic acids is 4. The summed E-state index contributed by atoms with van der Waals surface area (Å²) >= 11 is 2.51. The molecule has 2 atom stereocenters. The van der Waals surface area contributed by atoms with E-state index in [1.807, 2.05) is 0 Å². The number of nitrogens with two attached hydrogens (primary N) is 2. The Labute approximate surface area is 297 Å². The number of amides is 4. The third-order valence-corrected chi connectivity index (χ3v) is 10.9. The molecule has 2 aliphatic heterocycles. The van der Waals surface area contributed by atoms with E-state index in [0.717, 1.165) is 51.9 Å². The summed E-state index contributed by atoms with van der Waals surface area (Å²) in [7, 11) is 0. The predicted octanol–water partition coefficient (Wildman–Crippen LogP) is 7.23. The fourth-order valence-electron chi connectivity index (χ4n) is 6.12. The molecule has 2 aliphatic rings. The molecule has 0 radical (unpaired) electrons. The van der Waals surface area contributed by atoms with Gasteiger partial charge in [-0.15, -0.1) is 22.7 Å². The molecule has 0 saturated carbocycles. The molecule has 14 heteroatoms. The van der Waals surface area contributed by atoms with Crippen LogP contribution in [0.25, 0.3) is 20.9 Å². The summed E-state index contributed by atoms with van der Waals surface area (Å²) in [4.78, 5) is 50.4. The number of benzene rings is 2. The lowest BCUT2D eigenvalue weighted by molar-refractivity contribution is 0.0950. The summed E-state index contributed by atoms with van der Waals surface area (Å²) < 4.78 is 27.0. The molecule has 4 amide bonds. The van der Waals surface area contributed by atoms with Crippen LogP contribution in [-0.4, -0.2) is 49.8 Å². The van der Waals surface area contributed by atoms with E-state index in [1.165, 1.54) is 46.9 Å². The number of thiophene rings is 2. The summed E-state index contributed by atoms with van der Waals surface area (Å²) in [5.41, 5.74) is 12.6.